The van der Waals surface area contributed by atoms with Crippen molar-refractivity contribution in [3.8, 4) is 0 Å². The zero-order valence-corrected chi connectivity index (χ0v) is 13.6. The van der Waals surface area contributed by atoms with Gasteiger partial charge < -0.3 is 15.2 Å². The fraction of sp³-hybridized carbons (Fsp3) is 0.875. The maximum atomic E-state index is 11.9. The number of likely N-dealkylation sites (N-methyl/N-ethyl adjacent to an activating group) is 1. The monoisotopic (exact) mass is 312 g/mol. The smallest absolute Gasteiger partial charge is 0.317 e. The lowest BCUT2D eigenvalue weighted by molar-refractivity contribution is -0.139. The second-order valence-corrected chi connectivity index (χ2v) is 6.53. The Kier molecular flexibility index (Phi) is 6.20. The van der Waals surface area contributed by atoms with Gasteiger partial charge in [0.2, 0.25) is 5.91 Å². The largest absolute Gasteiger partial charge is 0.480 e. The molecule has 0 spiro atoms. The molecule has 1 saturated carbocycles. The molecule has 2 rings (SSSR count). The Morgan fingerprint density at radius 2 is 2.05 bits per heavy atom. The Balaban J connectivity index is 1.60. The van der Waals surface area contributed by atoms with Gasteiger partial charge in [-0.25, -0.2) is 0 Å². The van der Waals surface area contributed by atoms with Crippen LogP contribution in [0.3, 0.4) is 0 Å². The van der Waals surface area contributed by atoms with Gasteiger partial charge in [-0.15, -0.1) is 0 Å². The van der Waals surface area contributed by atoms with Gasteiger partial charge in [0, 0.05) is 18.5 Å². The number of hydrogen-bond donors (Lipinski definition) is 2. The van der Waals surface area contributed by atoms with Crippen LogP contribution < -0.4 is 5.32 Å². The summed E-state index contributed by atoms with van der Waals surface area (Å²) >= 11 is 0. The average Bonchev–Trinajstić information content (AvgIpc) is 2.83. The van der Waals surface area contributed by atoms with Crippen LogP contribution in [0.2, 0.25) is 0 Å². The zero-order valence-electron chi connectivity index (χ0n) is 13.6. The van der Waals surface area contributed by atoms with Crippen molar-refractivity contribution in [3.63, 3.8) is 0 Å². The normalized spacial score (nSPS) is 31.0. The molecule has 0 bridgehead atoms. The molecule has 1 aliphatic carbocycles. The molecule has 0 aromatic heterocycles. The lowest BCUT2D eigenvalue weighted by atomic mass is 9.85. The van der Waals surface area contributed by atoms with E-state index >= 15 is 0 Å². The van der Waals surface area contributed by atoms with Crippen molar-refractivity contribution >= 4 is 11.9 Å². The lowest BCUT2D eigenvalue weighted by Gasteiger charge is -2.42. The fourth-order valence-electron chi connectivity index (χ4n) is 3.37. The van der Waals surface area contributed by atoms with Gasteiger partial charge in [-0.3, -0.25) is 14.5 Å². The molecule has 2 fully saturated rings. The number of carbonyl (C=O) groups excluding carboxylic acids is 1. The molecule has 0 aromatic carbocycles. The second-order valence-electron chi connectivity index (χ2n) is 6.53. The van der Waals surface area contributed by atoms with Gasteiger partial charge in [-0.05, 0) is 45.6 Å². The highest BCUT2D eigenvalue weighted by atomic mass is 16.5. The number of carbonyl (C=O) groups is 2. The van der Waals surface area contributed by atoms with Gasteiger partial charge in [0.15, 0.2) is 0 Å². The maximum Gasteiger partial charge on any atom is 0.317 e. The van der Waals surface area contributed by atoms with E-state index in [4.69, 9.17) is 9.84 Å². The Hall–Kier alpha value is -1.14. The zero-order chi connectivity index (χ0) is 16.1. The number of aliphatic carboxylic acids is 1. The SMILES string of the molecule is CCN(CC(=O)O)C1CC(NC(=O)CC[C@H]2CC[C@@H](C)O2)C1. The molecule has 0 aromatic rings. The summed E-state index contributed by atoms with van der Waals surface area (Å²) in [4.78, 5) is 24.7. The van der Waals surface area contributed by atoms with E-state index in [2.05, 4.69) is 12.2 Å². The van der Waals surface area contributed by atoms with E-state index in [1.807, 2.05) is 11.8 Å². The fourth-order valence-corrected chi connectivity index (χ4v) is 3.37. The van der Waals surface area contributed by atoms with Crippen molar-refractivity contribution in [3.05, 3.63) is 0 Å². The molecule has 6 heteroatoms. The first-order valence-corrected chi connectivity index (χ1v) is 8.38. The molecule has 1 heterocycles. The predicted molar refractivity (Wildman–Crippen MR) is 82.6 cm³/mol. The Labute approximate surface area is 132 Å². The van der Waals surface area contributed by atoms with Crippen LogP contribution in [0.1, 0.15) is 52.4 Å². The summed E-state index contributed by atoms with van der Waals surface area (Å²) in [6, 6.07) is 0.481. The summed E-state index contributed by atoms with van der Waals surface area (Å²) in [6.45, 7) is 4.86. The first-order chi connectivity index (χ1) is 10.5. The summed E-state index contributed by atoms with van der Waals surface area (Å²) in [5.41, 5.74) is 0. The van der Waals surface area contributed by atoms with Crippen molar-refractivity contribution in [2.24, 2.45) is 0 Å². The molecule has 0 radical (unpaired) electrons. The van der Waals surface area contributed by atoms with Crippen LogP contribution in [0.4, 0.5) is 0 Å². The Morgan fingerprint density at radius 3 is 2.59 bits per heavy atom. The average molecular weight is 312 g/mol. The van der Waals surface area contributed by atoms with Gasteiger partial charge >= 0.3 is 5.97 Å². The topological polar surface area (TPSA) is 78.9 Å². The minimum Gasteiger partial charge on any atom is -0.480 e. The van der Waals surface area contributed by atoms with Crippen LogP contribution in [0.25, 0.3) is 0 Å². The van der Waals surface area contributed by atoms with Crippen molar-refractivity contribution in [1.29, 1.82) is 0 Å². The number of rotatable bonds is 8. The molecule has 2 N–H and O–H groups in total. The third kappa shape index (κ3) is 4.95. The van der Waals surface area contributed by atoms with Crippen molar-refractivity contribution in [1.82, 2.24) is 10.2 Å². The molecule has 6 nitrogen and oxygen atoms in total. The quantitative estimate of drug-likeness (QED) is 0.708. The number of carboxylic acids is 1. The highest BCUT2D eigenvalue weighted by Crippen LogP contribution is 2.26. The van der Waals surface area contributed by atoms with E-state index in [0.717, 1.165) is 38.6 Å². The first-order valence-electron chi connectivity index (χ1n) is 8.38. The van der Waals surface area contributed by atoms with Crippen LogP contribution in [-0.2, 0) is 14.3 Å². The molecule has 1 amide bonds. The van der Waals surface area contributed by atoms with E-state index in [0.29, 0.717) is 12.5 Å². The number of hydrogen-bond acceptors (Lipinski definition) is 4. The van der Waals surface area contributed by atoms with Crippen LogP contribution in [0, 0.1) is 0 Å². The van der Waals surface area contributed by atoms with Crippen LogP contribution in [-0.4, -0.2) is 59.3 Å². The van der Waals surface area contributed by atoms with Crippen LogP contribution in [0.15, 0.2) is 0 Å². The second kappa shape index (κ2) is 7.92. The van der Waals surface area contributed by atoms with Gasteiger partial charge in [0.05, 0.1) is 18.8 Å². The molecule has 0 unspecified atom stereocenters. The first kappa shape index (κ1) is 17.2. The van der Waals surface area contributed by atoms with Gasteiger partial charge in [-0.2, -0.15) is 0 Å². The number of ether oxygens (including phenoxy) is 1. The van der Waals surface area contributed by atoms with E-state index in [9.17, 15) is 9.59 Å². The minimum atomic E-state index is -0.792. The van der Waals surface area contributed by atoms with Crippen molar-refractivity contribution in [2.75, 3.05) is 13.1 Å². The van der Waals surface area contributed by atoms with Gasteiger partial charge in [-0.1, -0.05) is 6.92 Å². The molecule has 22 heavy (non-hydrogen) atoms. The molecule has 1 saturated heterocycles. The highest BCUT2D eigenvalue weighted by Gasteiger charge is 2.34. The summed E-state index contributed by atoms with van der Waals surface area (Å²) in [5, 5.41) is 11.9. The number of amides is 1. The summed E-state index contributed by atoms with van der Waals surface area (Å²) in [6.07, 6.45) is 5.73. The number of nitrogens with zero attached hydrogens (tertiary/aromatic N) is 1. The van der Waals surface area contributed by atoms with Crippen LogP contribution >= 0.6 is 0 Å². The van der Waals surface area contributed by atoms with E-state index < -0.39 is 5.97 Å². The molecule has 126 valence electrons. The third-order valence-corrected chi connectivity index (χ3v) is 4.75. The maximum absolute atomic E-state index is 11.9. The highest BCUT2D eigenvalue weighted by molar-refractivity contribution is 5.76. The van der Waals surface area contributed by atoms with Crippen molar-refractivity contribution in [2.45, 2.75) is 76.7 Å². The third-order valence-electron chi connectivity index (χ3n) is 4.75. The van der Waals surface area contributed by atoms with Gasteiger partial charge in [0.1, 0.15) is 0 Å². The van der Waals surface area contributed by atoms with Crippen LogP contribution in [0.5, 0.6) is 0 Å². The standard InChI is InChI=1S/C16H28N2O4/c1-3-18(10-16(20)21)13-8-12(9-13)17-15(19)7-6-14-5-4-11(2)22-14/h11-14H,3-10H2,1-2H3,(H,17,19)(H,20,21)/t11-,12?,13?,14-/m1/s1. The van der Waals surface area contributed by atoms with Gasteiger partial charge in [0.25, 0.3) is 0 Å². The lowest BCUT2D eigenvalue weighted by Crippen LogP contribution is -2.54. The molecule has 2 atom stereocenters. The van der Waals surface area contributed by atoms with E-state index in [1.54, 1.807) is 0 Å². The molecular weight excluding hydrogens is 284 g/mol. The Morgan fingerprint density at radius 1 is 1.32 bits per heavy atom. The molecule has 2 aliphatic rings. The summed E-state index contributed by atoms with van der Waals surface area (Å²) < 4.78 is 5.71. The van der Waals surface area contributed by atoms with Crippen molar-refractivity contribution < 1.29 is 19.4 Å². The number of nitrogens with one attached hydrogen (secondary N) is 1. The predicted octanol–water partition coefficient (Wildman–Crippen LogP) is 1.39. The summed E-state index contributed by atoms with van der Waals surface area (Å²) in [5.74, 6) is -0.701. The molecule has 1 aliphatic heterocycles. The molecular formula is C16H28N2O4. The summed E-state index contributed by atoms with van der Waals surface area (Å²) in [7, 11) is 0. The van der Waals surface area contributed by atoms with E-state index in [1.165, 1.54) is 0 Å². The van der Waals surface area contributed by atoms with E-state index in [-0.39, 0.29) is 30.6 Å². The Bertz CT molecular complexity index is 396. The number of carboxylic acid groups (broad SMARTS) is 1. The minimum absolute atomic E-state index is 0.0824.